The van der Waals surface area contributed by atoms with E-state index in [1.165, 1.54) is 23.1 Å². The standard InChI is InChI=1S/C26H19ClN4O2S2/c1-17-29-30-25(34-17)28-26-31(21-7-3-2-4-8-21)24(32)23(35-26)15-19-6-5-9-22(14-19)33-16-18-10-12-20(27)13-11-18/h2-15H,16H2,1H3/b23-15-,28-26+. The van der Waals surface area contributed by atoms with E-state index >= 15 is 0 Å². The fourth-order valence-electron chi connectivity index (χ4n) is 3.36. The number of rotatable bonds is 6. The van der Waals surface area contributed by atoms with E-state index in [0.717, 1.165) is 21.8 Å². The average molecular weight is 519 g/mol. The van der Waals surface area contributed by atoms with Gasteiger partial charge < -0.3 is 4.74 Å². The summed E-state index contributed by atoms with van der Waals surface area (Å²) >= 11 is 8.65. The largest absolute Gasteiger partial charge is 0.489 e. The number of aliphatic imine (C=N–C) groups is 1. The number of amides is 1. The normalized spacial score (nSPS) is 15.8. The summed E-state index contributed by atoms with van der Waals surface area (Å²) in [5.74, 6) is 0.566. The second kappa shape index (κ2) is 10.4. The van der Waals surface area contributed by atoms with Crippen LogP contribution in [-0.4, -0.2) is 21.3 Å². The topological polar surface area (TPSA) is 67.7 Å². The van der Waals surface area contributed by atoms with Crippen molar-refractivity contribution in [2.75, 3.05) is 4.90 Å². The van der Waals surface area contributed by atoms with Crippen molar-refractivity contribution in [3.63, 3.8) is 0 Å². The molecule has 1 aromatic heterocycles. The lowest BCUT2D eigenvalue weighted by atomic mass is 10.2. The highest BCUT2D eigenvalue weighted by Crippen LogP contribution is 2.37. The summed E-state index contributed by atoms with van der Waals surface area (Å²) in [6.45, 7) is 2.29. The lowest BCUT2D eigenvalue weighted by Gasteiger charge is -2.14. The molecule has 0 saturated carbocycles. The SMILES string of the molecule is Cc1nnc(/N=C2/S/C(=C\c3cccc(OCc4ccc(Cl)cc4)c3)C(=O)N2c2ccccc2)s1. The van der Waals surface area contributed by atoms with Crippen LogP contribution in [0.4, 0.5) is 10.8 Å². The molecule has 1 amide bonds. The van der Waals surface area contributed by atoms with Gasteiger partial charge in [-0.1, -0.05) is 65.4 Å². The van der Waals surface area contributed by atoms with E-state index in [9.17, 15) is 4.79 Å². The molecule has 6 nitrogen and oxygen atoms in total. The number of amidine groups is 1. The van der Waals surface area contributed by atoms with Gasteiger partial charge in [0.15, 0.2) is 5.17 Å². The van der Waals surface area contributed by atoms with Crippen LogP contribution >= 0.6 is 34.7 Å². The fraction of sp³-hybridized carbons (Fsp3) is 0.0769. The molecule has 0 bridgehead atoms. The highest BCUT2D eigenvalue weighted by Gasteiger charge is 2.35. The first-order chi connectivity index (χ1) is 17.0. The van der Waals surface area contributed by atoms with E-state index in [2.05, 4.69) is 15.2 Å². The Kier molecular flexibility index (Phi) is 6.94. The van der Waals surface area contributed by atoms with Crippen LogP contribution in [0, 0.1) is 6.92 Å². The monoisotopic (exact) mass is 518 g/mol. The number of thioether (sulfide) groups is 1. The highest BCUT2D eigenvalue weighted by molar-refractivity contribution is 8.19. The Balaban J connectivity index is 1.41. The number of benzene rings is 3. The first-order valence-corrected chi connectivity index (χ1v) is 12.7. The zero-order chi connectivity index (χ0) is 24.2. The number of hydrogen-bond acceptors (Lipinski definition) is 7. The van der Waals surface area contributed by atoms with Crippen LogP contribution in [0.1, 0.15) is 16.1 Å². The van der Waals surface area contributed by atoms with E-state index in [1.54, 1.807) is 4.90 Å². The molecule has 0 spiro atoms. The molecule has 0 aliphatic carbocycles. The Bertz CT molecular complexity index is 1420. The minimum atomic E-state index is -0.145. The van der Waals surface area contributed by atoms with Crippen molar-refractivity contribution in [3.8, 4) is 5.75 Å². The summed E-state index contributed by atoms with van der Waals surface area (Å²) in [5, 5.41) is 10.7. The number of aromatic nitrogens is 2. The van der Waals surface area contributed by atoms with Crippen molar-refractivity contribution in [3.05, 3.63) is 105 Å². The van der Waals surface area contributed by atoms with Crippen LogP contribution in [0.5, 0.6) is 5.75 Å². The number of nitrogens with zero attached hydrogens (tertiary/aromatic N) is 4. The lowest BCUT2D eigenvalue weighted by Crippen LogP contribution is -2.28. The number of ether oxygens (including phenoxy) is 1. The molecular formula is C26H19ClN4O2S2. The van der Waals surface area contributed by atoms with Crippen molar-refractivity contribution < 1.29 is 9.53 Å². The van der Waals surface area contributed by atoms with Gasteiger partial charge in [-0.15, -0.1) is 10.2 Å². The van der Waals surface area contributed by atoms with Crippen molar-refractivity contribution in [2.24, 2.45) is 4.99 Å². The molecule has 1 saturated heterocycles. The molecule has 1 aliphatic heterocycles. The van der Waals surface area contributed by atoms with Crippen LogP contribution in [-0.2, 0) is 11.4 Å². The maximum Gasteiger partial charge on any atom is 0.271 e. The predicted octanol–water partition coefficient (Wildman–Crippen LogP) is 6.89. The number of anilines is 1. The van der Waals surface area contributed by atoms with Crippen molar-refractivity contribution >= 4 is 62.7 Å². The second-order valence-electron chi connectivity index (χ2n) is 7.57. The molecule has 1 aliphatic rings. The first kappa shape index (κ1) is 23.3. The highest BCUT2D eigenvalue weighted by atomic mass is 35.5. The van der Waals surface area contributed by atoms with E-state index in [0.29, 0.717) is 32.6 Å². The predicted molar refractivity (Wildman–Crippen MR) is 143 cm³/mol. The van der Waals surface area contributed by atoms with Gasteiger partial charge in [-0.05, 0) is 72.3 Å². The van der Waals surface area contributed by atoms with Gasteiger partial charge in [0.2, 0.25) is 5.13 Å². The van der Waals surface area contributed by atoms with Crippen LogP contribution in [0.2, 0.25) is 5.02 Å². The summed E-state index contributed by atoms with van der Waals surface area (Å²) in [6.07, 6.45) is 1.85. The van der Waals surface area contributed by atoms with Gasteiger partial charge in [-0.25, -0.2) is 0 Å². The number of carbonyl (C=O) groups is 1. The van der Waals surface area contributed by atoms with Crippen molar-refractivity contribution in [1.29, 1.82) is 0 Å². The van der Waals surface area contributed by atoms with Crippen LogP contribution in [0.3, 0.4) is 0 Å². The molecular weight excluding hydrogens is 500 g/mol. The number of para-hydroxylation sites is 1. The van der Waals surface area contributed by atoms with Crippen LogP contribution in [0.15, 0.2) is 88.8 Å². The molecule has 3 aromatic carbocycles. The first-order valence-electron chi connectivity index (χ1n) is 10.7. The molecule has 174 valence electrons. The number of halogens is 1. The minimum absolute atomic E-state index is 0.145. The third-order valence-corrected chi connectivity index (χ3v) is 6.96. The quantitative estimate of drug-likeness (QED) is 0.260. The van der Waals surface area contributed by atoms with Gasteiger partial charge in [-0.2, -0.15) is 4.99 Å². The Morgan fingerprint density at radius 2 is 1.83 bits per heavy atom. The molecule has 5 rings (SSSR count). The zero-order valence-corrected chi connectivity index (χ0v) is 21.0. The maximum atomic E-state index is 13.4. The van der Waals surface area contributed by atoms with Gasteiger partial charge in [0.25, 0.3) is 5.91 Å². The number of aryl methyl sites for hydroxylation is 1. The van der Waals surface area contributed by atoms with E-state index < -0.39 is 0 Å². The number of carbonyl (C=O) groups excluding carboxylic acids is 1. The minimum Gasteiger partial charge on any atom is -0.489 e. The molecule has 1 fully saturated rings. The summed E-state index contributed by atoms with van der Waals surface area (Å²) in [6, 6.07) is 24.6. The summed E-state index contributed by atoms with van der Waals surface area (Å²) in [4.78, 5) is 20.2. The van der Waals surface area contributed by atoms with E-state index in [4.69, 9.17) is 16.3 Å². The number of hydrogen-bond donors (Lipinski definition) is 0. The Morgan fingerprint density at radius 1 is 1.03 bits per heavy atom. The molecule has 0 N–H and O–H groups in total. The van der Waals surface area contributed by atoms with Crippen LogP contribution < -0.4 is 9.64 Å². The Labute approximate surface area is 216 Å². The molecule has 35 heavy (non-hydrogen) atoms. The van der Waals surface area contributed by atoms with Crippen LogP contribution in [0.25, 0.3) is 6.08 Å². The Hall–Kier alpha value is -3.46. The van der Waals surface area contributed by atoms with Gasteiger partial charge in [0, 0.05) is 5.02 Å². The summed E-state index contributed by atoms with van der Waals surface area (Å²) in [7, 11) is 0. The molecule has 4 aromatic rings. The summed E-state index contributed by atoms with van der Waals surface area (Å²) in [5.41, 5.74) is 2.62. The smallest absolute Gasteiger partial charge is 0.271 e. The van der Waals surface area contributed by atoms with Gasteiger partial charge in [-0.3, -0.25) is 9.69 Å². The molecule has 9 heteroatoms. The van der Waals surface area contributed by atoms with Crippen molar-refractivity contribution in [2.45, 2.75) is 13.5 Å². The third kappa shape index (κ3) is 5.62. The lowest BCUT2D eigenvalue weighted by molar-refractivity contribution is -0.113. The molecule has 0 radical (unpaired) electrons. The molecule has 0 unspecified atom stereocenters. The Morgan fingerprint density at radius 3 is 2.57 bits per heavy atom. The van der Waals surface area contributed by atoms with Crippen molar-refractivity contribution in [1.82, 2.24) is 10.2 Å². The fourth-order valence-corrected chi connectivity index (χ4v) is 5.08. The van der Waals surface area contributed by atoms with Gasteiger partial charge in [0.05, 0.1) is 10.6 Å². The maximum absolute atomic E-state index is 13.4. The average Bonchev–Trinajstić information content (AvgIpc) is 3.41. The van der Waals surface area contributed by atoms with Gasteiger partial charge >= 0.3 is 0 Å². The van der Waals surface area contributed by atoms with Gasteiger partial charge in [0.1, 0.15) is 17.4 Å². The van der Waals surface area contributed by atoms with E-state index in [1.807, 2.05) is 91.9 Å². The molecule has 0 atom stereocenters. The third-order valence-electron chi connectivity index (χ3n) is 5.00. The molecule has 2 heterocycles. The summed E-state index contributed by atoms with van der Waals surface area (Å²) < 4.78 is 5.94. The second-order valence-corrected chi connectivity index (χ2v) is 10.2. The van der Waals surface area contributed by atoms with E-state index in [-0.39, 0.29) is 5.91 Å². The zero-order valence-electron chi connectivity index (χ0n) is 18.6.